The van der Waals surface area contributed by atoms with Crippen molar-refractivity contribution in [3.63, 3.8) is 0 Å². The van der Waals surface area contributed by atoms with Crippen LogP contribution in [0.3, 0.4) is 0 Å². The fourth-order valence-corrected chi connectivity index (χ4v) is 2.40. The first-order valence-electron chi connectivity index (χ1n) is 6.86. The third-order valence-corrected chi connectivity index (χ3v) is 3.56. The standard InChI is InChI=1S/C18H18O3/c1-12(20)15-7-9-17(10-8-15)18(13(2)21)16-5-3-14(11-19)4-6-16/h3-12,18,20H,1-2H3. The first-order chi connectivity index (χ1) is 10.0. The summed E-state index contributed by atoms with van der Waals surface area (Å²) in [4.78, 5) is 22.7. The maximum Gasteiger partial charge on any atom is 0.150 e. The maximum absolute atomic E-state index is 12.0. The van der Waals surface area contributed by atoms with E-state index in [0.29, 0.717) is 5.56 Å². The molecule has 0 radical (unpaired) electrons. The van der Waals surface area contributed by atoms with E-state index < -0.39 is 6.10 Å². The van der Waals surface area contributed by atoms with E-state index in [0.717, 1.165) is 23.0 Å². The van der Waals surface area contributed by atoms with E-state index in [2.05, 4.69) is 0 Å². The van der Waals surface area contributed by atoms with Crippen molar-refractivity contribution in [1.29, 1.82) is 0 Å². The van der Waals surface area contributed by atoms with Crippen LogP contribution in [0, 0.1) is 0 Å². The Kier molecular flexibility index (Phi) is 4.66. The summed E-state index contributed by atoms with van der Waals surface area (Å²) in [5.74, 6) is -0.313. The van der Waals surface area contributed by atoms with Gasteiger partial charge in [-0.15, -0.1) is 0 Å². The van der Waals surface area contributed by atoms with Gasteiger partial charge in [-0.05, 0) is 30.5 Å². The van der Waals surface area contributed by atoms with Crippen LogP contribution in [-0.4, -0.2) is 17.2 Å². The number of hydrogen-bond donors (Lipinski definition) is 1. The molecular weight excluding hydrogens is 264 g/mol. The number of benzene rings is 2. The quantitative estimate of drug-likeness (QED) is 0.856. The second-order valence-corrected chi connectivity index (χ2v) is 5.17. The predicted molar refractivity (Wildman–Crippen MR) is 81.4 cm³/mol. The minimum Gasteiger partial charge on any atom is -0.389 e. The molecule has 0 aliphatic rings. The summed E-state index contributed by atoms with van der Waals surface area (Å²) in [5, 5.41) is 9.54. The number of carbonyl (C=O) groups is 2. The van der Waals surface area contributed by atoms with E-state index in [-0.39, 0.29) is 11.7 Å². The highest BCUT2D eigenvalue weighted by atomic mass is 16.3. The van der Waals surface area contributed by atoms with Crippen LogP contribution in [0.15, 0.2) is 48.5 Å². The number of aliphatic hydroxyl groups is 1. The molecule has 2 aromatic rings. The molecule has 3 heteroatoms. The van der Waals surface area contributed by atoms with Crippen molar-refractivity contribution in [3.8, 4) is 0 Å². The SMILES string of the molecule is CC(=O)C(c1ccc(C=O)cc1)c1ccc(C(C)O)cc1. The highest BCUT2D eigenvalue weighted by Gasteiger charge is 2.19. The smallest absolute Gasteiger partial charge is 0.150 e. The van der Waals surface area contributed by atoms with Crippen LogP contribution in [0.1, 0.15) is 52.9 Å². The summed E-state index contributed by atoms with van der Waals surface area (Å²) >= 11 is 0. The monoisotopic (exact) mass is 282 g/mol. The van der Waals surface area contributed by atoms with Crippen LogP contribution in [-0.2, 0) is 4.79 Å². The summed E-state index contributed by atoms with van der Waals surface area (Å²) in [5.41, 5.74) is 3.14. The molecular formula is C18H18O3. The lowest BCUT2D eigenvalue weighted by Gasteiger charge is -2.16. The van der Waals surface area contributed by atoms with Gasteiger partial charge in [0.2, 0.25) is 0 Å². The first-order valence-corrected chi connectivity index (χ1v) is 6.86. The number of aliphatic hydroxyl groups excluding tert-OH is 1. The molecule has 0 bridgehead atoms. The molecule has 0 aromatic heterocycles. The van der Waals surface area contributed by atoms with Crippen LogP contribution in [0.2, 0.25) is 0 Å². The molecule has 2 rings (SSSR count). The fraction of sp³-hybridized carbons (Fsp3) is 0.222. The minimum atomic E-state index is -0.526. The van der Waals surface area contributed by atoms with Gasteiger partial charge in [0.25, 0.3) is 0 Å². The lowest BCUT2D eigenvalue weighted by molar-refractivity contribution is -0.117. The van der Waals surface area contributed by atoms with E-state index in [1.54, 1.807) is 38.1 Å². The summed E-state index contributed by atoms with van der Waals surface area (Å²) in [6.45, 7) is 3.26. The van der Waals surface area contributed by atoms with Gasteiger partial charge in [-0.2, -0.15) is 0 Å². The van der Waals surface area contributed by atoms with Crippen LogP contribution in [0.4, 0.5) is 0 Å². The van der Waals surface area contributed by atoms with Gasteiger partial charge in [0, 0.05) is 5.56 Å². The van der Waals surface area contributed by atoms with E-state index in [4.69, 9.17) is 0 Å². The van der Waals surface area contributed by atoms with Crippen molar-refractivity contribution < 1.29 is 14.7 Å². The summed E-state index contributed by atoms with van der Waals surface area (Å²) in [6, 6.07) is 14.4. The third kappa shape index (κ3) is 3.44. The summed E-state index contributed by atoms with van der Waals surface area (Å²) in [6.07, 6.45) is 0.256. The number of rotatable bonds is 5. The van der Waals surface area contributed by atoms with Gasteiger partial charge >= 0.3 is 0 Å². The van der Waals surface area contributed by atoms with Gasteiger partial charge in [0.1, 0.15) is 12.1 Å². The Morgan fingerprint density at radius 3 is 1.76 bits per heavy atom. The lowest BCUT2D eigenvalue weighted by Crippen LogP contribution is -2.10. The number of ketones is 1. The summed E-state index contributed by atoms with van der Waals surface area (Å²) < 4.78 is 0. The Balaban J connectivity index is 2.38. The largest absolute Gasteiger partial charge is 0.389 e. The molecule has 0 saturated carbocycles. The van der Waals surface area contributed by atoms with Crippen molar-refractivity contribution in [2.45, 2.75) is 25.9 Å². The van der Waals surface area contributed by atoms with E-state index in [1.807, 2.05) is 24.3 Å². The molecule has 0 aliphatic carbocycles. The highest BCUT2D eigenvalue weighted by Crippen LogP contribution is 2.27. The molecule has 108 valence electrons. The molecule has 0 heterocycles. The highest BCUT2D eigenvalue weighted by molar-refractivity contribution is 5.87. The topological polar surface area (TPSA) is 54.4 Å². The van der Waals surface area contributed by atoms with Crippen molar-refractivity contribution in [2.24, 2.45) is 0 Å². The Bertz CT molecular complexity index is 625. The Labute approximate surface area is 124 Å². The zero-order chi connectivity index (χ0) is 15.4. The molecule has 0 saturated heterocycles. The Morgan fingerprint density at radius 1 is 0.952 bits per heavy atom. The van der Waals surface area contributed by atoms with Crippen molar-refractivity contribution in [3.05, 3.63) is 70.8 Å². The van der Waals surface area contributed by atoms with Crippen molar-refractivity contribution >= 4 is 12.1 Å². The average molecular weight is 282 g/mol. The third-order valence-electron chi connectivity index (χ3n) is 3.56. The van der Waals surface area contributed by atoms with Crippen LogP contribution in [0.5, 0.6) is 0 Å². The number of Topliss-reactive ketones (excluding diaryl/α,β-unsaturated/α-hetero) is 1. The van der Waals surface area contributed by atoms with Gasteiger partial charge in [-0.25, -0.2) is 0 Å². The molecule has 2 aromatic carbocycles. The Hall–Kier alpha value is -2.26. The molecule has 0 amide bonds. The Morgan fingerprint density at radius 2 is 1.38 bits per heavy atom. The van der Waals surface area contributed by atoms with Crippen molar-refractivity contribution in [1.82, 2.24) is 0 Å². The predicted octanol–water partition coefficient (Wildman–Crippen LogP) is 3.27. The molecule has 3 nitrogen and oxygen atoms in total. The molecule has 0 aliphatic heterocycles. The molecule has 2 unspecified atom stereocenters. The summed E-state index contributed by atoms with van der Waals surface area (Å²) in [7, 11) is 0. The van der Waals surface area contributed by atoms with E-state index in [1.165, 1.54) is 0 Å². The van der Waals surface area contributed by atoms with Crippen molar-refractivity contribution in [2.75, 3.05) is 0 Å². The lowest BCUT2D eigenvalue weighted by atomic mass is 9.87. The normalized spacial score (nSPS) is 13.5. The van der Waals surface area contributed by atoms with Gasteiger partial charge in [-0.1, -0.05) is 48.5 Å². The maximum atomic E-state index is 12.0. The number of hydrogen-bond acceptors (Lipinski definition) is 3. The molecule has 0 fully saturated rings. The number of carbonyl (C=O) groups excluding carboxylic acids is 2. The van der Waals surface area contributed by atoms with Gasteiger partial charge in [0.05, 0.1) is 12.0 Å². The van der Waals surface area contributed by atoms with E-state index >= 15 is 0 Å². The second kappa shape index (κ2) is 6.46. The molecule has 0 spiro atoms. The zero-order valence-electron chi connectivity index (χ0n) is 12.1. The molecule has 2 atom stereocenters. The van der Waals surface area contributed by atoms with Crippen LogP contribution in [0.25, 0.3) is 0 Å². The fourth-order valence-electron chi connectivity index (χ4n) is 2.40. The van der Waals surface area contributed by atoms with Crippen LogP contribution < -0.4 is 0 Å². The van der Waals surface area contributed by atoms with E-state index in [9.17, 15) is 14.7 Å². The van der Waals surface area contributed by atoms with Crippen LogP contribution >= 0.6 is 0 Å². The van der Waals surface area contributed by atoms with Gasteiger partial charge < -0.3 is 5.11 Å². The minimum absolute atomic E-state index is 0.0404. The number of aldehydes is 1. The van der Waals surface area contributed by atoms with Gasteiger partial charge in [-0.3, -0.25) is 9.59 Å². The van der Waals surface area contributed by atoms with Gasteiger partial charge in [0.15, 0.2) is 0 Å². The first kappa shape index (κ1) is 15.1. The average Bonchev–Trinajstić information content (AvgIpc) is 2.48. The zero-order valence-corrected chi connectivity index (χ0v) is 12.1. The second-order valence-electron chi connectivity index (χ2n) is 5.17. The molecule has 21 heavy (non-hydrogen) atoms. The molecule has 1 N–H and O–H groups in total.